The van der Waals surface area contributed by atoms with Gasteiger partial charge >= 0.3 is 6.09 Å². The Morgan fingerprint density at radius 1 is 1.14 bits per heavy atom. The van der Waals surface area contributed by atoms with E-state index in [9.17, 15) is 19.5 Å². The average molecular weight is 482 g/mol. The van der Waals surface area contributed by atoms with Crippen LogP contribution >= 0.6 is 0 Å². The number of hydrogen-bond acceptors (Lipinski definition) is 5. The molecule has 2 aromatic rings. The van der Waals surface area contributed by atoms with Crippen LogP contribution in [0.4, 0.5) is 4.79 Å². The van der Waals surface area contributed by atoms with Gasteiger partial charge in [0.1, 0.15) is 0 Å². The monoisotopic (exact) mass is 481 g/mol. The van der Waals surface area contributed by atoms with Crippen molar-refractivity contribution in [1.29, 1.82) is 0 Å². The zero-order valence-corrected chi connectivity index (χ0v) is 20.6. The summed E-state index contributed by atoms with van der Waals surface area (Å²) in [6, 6.07) is 6.51. The summed E-state index contributed by atoms with van der Waals surface area (Å²) in [5.41, 5.74) is 3.11. The standard InChI is InChI=1S/C26H35N5O4/c1-16-14-31(26(34)35)12-9-19(16)15-30-10-7-17(8-11-30)18-3-4-20-22(13-18)29(2)28-24(20)21-5-6-23(32)27-25(21)33/h3-4,13,16-17,19,21H,5-12,14-15H2,1-2H3,(H,34,35)(H,27,32,33)/t16-,19-,21?/m0/s1. The first-order valence-electron chi connectivity index (χ1n) is 12.8. The number of nitrogens with one attached hydrogen (secondary N) is 1. The number of piperidine rings is 3. The van der Waals surface area contributed by atoms with E-state index >= 15 is 0 Å². The summed E-state index contributed by atoms with van der Waals surface area (Å²) < 4.78 is 1.86. The first-order valence-corrected chi connectivity index (χ1v) is 12.8. The number of nitrogens with zero attached hydrogens (tertiary/aromatic N) is 4. The SMILES string of the molecule is C[C@H]1CN(C(=O)O)CC[C@H]1CN1CCC(c2ccc3c(C4CCC(=O)NC4=O)nn(C)c3c2)CC1. The zero-order chi connectivity index (χ0) is 24.7. The van der Waals surface area contributed by atoms with Gasteiger partial charge in [0, 0.05) is 38.5 Å². The van der Waals surface area contributed by atoms with Crippen molar-refractivity contribution in [2.45, 2.75) is 50.9 Å². The smallest absolute Gasteiger partial charge is 0.407 e. The van der Waals surface area contributed by atoms with Crippen LogP contribution in [0.5, 0.6) is 0 Å². The average Bonchev–Trinajstić information content (AvgIpc) is 3.16. The number of carbonyl (C=O) groups is 3. The van der Waals surface area contributed by atoms with E-state index in [-0.39, 0.29) is 17.7 Å². The van der Waals surface area contributed by atoms with Crippen molar-refractivity contribution in [1.82, 2.24) is 24.9 Å². The zero-order valence-electron chi connectivity index (χ0n) is 20.6. The molecule has 9 nitrogen and oxygen atoms in total. The van der Waals surface area contributed by atoms with Crippen molar-refractivity contribution in [3.8, 4) is 0 Å². The molecule has 3 atom stereocenters. The van der Waals surface area contributed by atoms with Crippen molar-refractivity contribution >= 4 is 28.8 Å². The van der Waals surface area contributed by atoms with Gasteiger partial charge in [-0.1, -0.05) is 19.1 Å². The Morgan fingerprint density at radius 2 is 1.91 bits per heavy atom. The van der Waals surface area contributed by atoms with Crippen molar-refractivity contribution < 1.29 is 19.5 Å². The predicted octanol–water partition coefficient (Wildman–Crippen LogP) is 2.91. The lowest BCUT2D eigenvalue weighted by Crippen LogP contribution is -2.46. The summed E-state index contributed by atoms with van der Waals surface area (Å²) in [5.74, 6) is 0.606. The molecule has 5 rings (SSSR count). The van der Waals surface area contributed by atoms with Crippen LogP contribution in [0.2, 0.25) is 0 Å². The second kappa shape index (κ2) is 9.60. The van der Waals surface area contributed by atoms with Gasteiger partial charge in [0.15, 0.2) is 0 Å². The molecule has 3 saturated heterocycles. The molecule has 0 spiro atoms. The van der Waals surface area contributed by atoms with Crippen molar-refractivity contribution in [3.05, 3.63) is 29.5 Å². The van der Waals surface area contributed by atoms with E-state index in [1.807, 2.05) is 11.7 Å². The van der Waals surface area contributed by atoms with Crippen molar-refractivity contribution in [2.75, 3.05) is 32.7 Å². The minimum absolute atomic E-state index is 0.208. The van der Waals surface area contributed by atoms with Crippen LogP contribution in [0.25, 0.3) is 10.9 Å². The van der Waals surface area contributed by atoms with Crippen LogP contribution in [-0.2, 0) is 16.6 Å². The van der Waals surface area contributed by atoms with Crippen molar-refractivity contribution in [2.24, 2.45) is 18.9 Å². The van der Waals surface area contributed by atoms with E-state index in [0.29, 0.717) is 43.7 Å². The first-order chi connectivity index (χ1) is 16.8. The quantitative estimate of drug-likeness (QED) is 0.650. The van der Waals surface area contributed by atoms with Gasteiger partial charge in [0.05, 0.1) is 17.1 Å². The summed E-state index contributed by atoms with van der Waals surface area (Å²) in [5, 5.41) is 17.4. The van der Waals surface area contributed by atoms with E-state index in [2.05, 4.69) is 40.4 Å². The number of carboxylic acid groups (broad SMARTS) is 1. The molecule has 1 aromatic carbocycles. The lowest BCUT2D eigenvalue weighted by molar-refractivity contribution is -0.134. The second-order valence-electron chi connectivity index (χ2n) is 10.6. The summed E-state index contributed by atoms with van der Waals surface area (Å²) in [7, 11) is 1.92. The van der Waals surface area contributed by atoms with Crippen LogP contribution in [-0.4, -0.2) is 75.3 Å². The highest BCUT2D eigenvalue weighted by Gasteiger charge is 2.33. The molecule has 0 radical (unpaired) electrons. The number of rotatable bonds is 4. The Balaban J connectivity index is 1.22. The molecular weight excluding hydrogens is 446 g/mol. The van der Waals surface area contributed by atoms with Gasteiger partial charge in [-0.25, -0.2) is 4.79 Å². The van der Waals surface area contributed by atoms with Crippen LogP contribution in [0.15, 0.2) is 18.2 Å². The van der Waals surface area contributed by atoms with Crippen LogP contribution in [0.1, 0.15) is 62.1 Å². The lowest BCUT2D eigenvalue weighted by Gasteiger charge is -2.40. The number of hydrogen-bond donors (Lipinski definition) is 2. The molecule has 35 heavy (non-hydrogen) atoms. The van der Waals surface area contributed by atoms with Crippen LogP contribution in [0.3, 0.4) is 0 Å². The summed E-state index contributed by atoms with van der Waals surface area (Å²) >= 11 is 0. The number of aryl methyl sites for hydroxylation is 1. The number of imide groups is 1. The fourth-order valence-corrected chi connectivity index (χ4v) is 6.19. The third kappa shape index (κ3) is 4.78. The minimum atomic E-state index is -0.800. The van der Waals surface area contributed by atoms with Gasteiger partial charge in [-0.05, 0) is 68.2 Å². The number of likely N-dealkylation sites (tertiary alicyclic amines) is 2. The maximum Gasteiger partial charge on any atom is 0.407 e. The number of benzene rings is 1. The van der Waals surface area contributed by atoms with Gasteiger partial charge in [0.2, 0.25) is 11.8 Å². The fraction of sp³-hybridized carbons (Fsp3) is 0.615. The van der Waals surface area contributed by atoms with Gasteiger partial charge in [-0.2, -0.15) is 5.10 Å². The highest BCUT2D eigenvalue weighted by Crippen LogP contribution is 2.35. The highest BCUT2D eigenvalue weighted by molar-refractivity contribution is 6.02. The molecule has 4 heterocycles. The number of aromatic nitrogens is 2. The fourth-order valence-electron chi connectivity index (χ4n) is 6.19. The normalized spacial score (nSPS) is 26.8. The molecule has 0 bridgehead atoms. The Bertz CT molecular complexity index is 1140. The molecule has 1 aromatic heterocycles. The van der Waals surface area contributed by atoms with Gasteiger partial charge in [-0.3, -0.25) is 19.6 Å². The molecule has 3 amide bonds. The van der Waals surface area contributed by atoms with E-state index in [1.54, 1.807) is 4.90 Å². The van der Waals surface area contributed by atoms with E-state index in [4.69, 9.17) is 0 Å². The van der Waals surface area contributed by atoms with Crippen molar-refractivity contribution in [3.63, 3.8) is 0 Å². The Morgan fingerprint density at radius 3 is 2.60 bits per heavy atom. The molecule has 2 N–H and O–H groups in total. The molecule has 0 aliphatic carbocycles. The van der Waals surface area contributed by atoms with E-state index in [1.165, 1.54) is 5.56 Å². The van der Waals surface area contributed by atoms with Crippen LogP contribution < -0.4 is 5.32 Å². The topological polar surface area (TPSA) is 108 Å². The second-order valence-corrected chi connectivity index (χ2v) is 10.6. The van der Waals surface area contributed by atoms with Gasteiger partial charge < -0.3 is 14.9 Å². The summed E-state index contributed by atoms with van der Waals surface area (Å²) in [6.45, 7) is 6.63. The number of fused-ring (bicyclic) bond motifs is 1. The Kier molecular flexibility index (Phi) is 6.53. The number of carbonyl (C=O) groups excluding carboxylic acids is 2. The Hall–Kier alpha value is -2.94. The third-order valence-corrected chi connectivity index (χ3v) is 8.38. The van der Waals surface area contributed by atoms with E-state index in [0.717, 1.165) is 55.5 Å². The highest BCUT2D eigenvalue weighted by atomic mass is 16.4. The van der Waals surface area contributed by atoms with Crippen LogP contribution in [0, 0.1) is 11.8 Å². The molecule has 3 aliphatic rings. The Labute approximate surface area is 205 Å². The summed E-state index contributed by atoms with van der Waals surface area (Å²) in [4.78, 5) is 39.3. The molecule has 3 fully saturated rings. The molecule has 1 unspecified atom stereocenters. The molecule has 3 aliphatic heterocycles. The molecule has 0 saturated carbocycles. The first kappa shape index (κ1) is 23.8. The molecular formula is C26H35N5O4. The molecule has 188 valence electrons. The summed E-state index contributed by atoms with van der Waals surface area (Å²) in [6.07, 6.45) is 3.20. The predicted molar refractivity (Wildman–Crippen MR) is 131 cm³/mol. The lowest BCUT2D eigenvalue weighted by atomic mass is 9.84. The largest absolute Gasteiger partial charge is 0.465 e. The maximum absolute atomic E-state index is 12.4. The van der Waals surface area contributed by atoms with Gasteiger partial charge in [0.25, 0.3) is 0 Å². The number of amides is 3. The van der Waals surface area contributed by atoms with Gasteiger partial charge in [-0.15, -0.1) is 0 Å². The molecule has 9 heteroatoms. The third-order valence-electron chi connectivity index (χ3n) is 8.38. The minimum Gasteiger partial charge on any atom is -0.465 e. The maximum atomic E-state index is 12.4. The van der Waals surface area contributed by atoms with E-state index < -0.39 is 6.09 Å².